The van der Waals surface area contributed by atoms with Crippen molar-refractivity contribution in [3.63, 3.8) is 0 Å². The minimum absolute atomic E-state index is 0.137. The zero-order valence-corrected chi connectivity index (χ0v) is 10.1. The zero-order chi connectivity index (χ0) is 13.1. The van der Waals surface area contributed by atoms with Crippen LogP contribution in [0.15, 0.2) is 18.2 Å². The third-order valence-electron chi connectivity index (χ3n) is 2.79. The number of carbonyl (C=O) groups excluding carboxylic acids is 1. The summed E-state index contributed by atoms with van der Waals surface area (Å²) in [6, 6.07) is 2.61. The predicted molar refractivity (Wildman–Crippen MR) is 61.9 cm³/mol. The molecular formula is C13H15F2NO2. The summed E-state index contributed by atoms with van der Waals surface area (Å²) in [6.07, 6.45) is 1.82. The molecule has 0 aromatic heterocycles. The first-order valence-electron chi connectivity index (χ1n) is 6.00. The van der Waals surface area contributed by atoms with Crippen LogP contribution in [0.4, 0.5) is 8.78 Å². The van der Waals surface area contributed by atoms with Crippen molar-refractivity contribution in [3.8, 4) is 0 Å². The predicted octanol–water partition coefficient (Wildman–Crippen LogP) is 2.32. The molecule has 1 aliphatic carbocycles. The van der Waals surface area contributed by atoms with E-state index in [1.807, 2.05) is 0 Å². The summed E-state index contributed by atoms with van der Waals surface area (Å²) < 4.78 is 32.2. The van der Waals surface area contributed by atoms with Crippen LogP contribution >= 0.6 is 0 Å². The summed E-state index contributed by atoms with van der Waals surface area (Å²) in [5, 5.41) is 2.92. The largest absolute Gasteiger partial charge is 0.465 e. The van der Waals surface area contributed by atoms with E-state index >= 15 is 0 Å². The van der Waals surface area contributed by atoms with Gasteiger partial charge in [-0.1, -0.05) is 6.07 Å². The molecule has 0 heterocycles. The Morgan fingerprint density at radius 1 is 1.44 bits per heavy atom. The Balaban J connectivity index is 2.29. The molecule has 1 saturated carbocycles. The number of esters is 1. The number of ether oxygens (including phenoxy) is 1. The second kappa shape index (κ2) is 5.44. The van der Waals surface area contributed by atoms with Crippen LogP contribution in [0.25, 0.3) is 0 Å². The van der Waals surface area contributed by atoms with Crippen LogP contribution in [-0.2, 0) is 9.53 Å². The van der Waals surface area contributed by atoms with Crippen LogP contribution in [0.3, 0.4) is 0 Å². The topological polar surface area (TPSA) is 38.3 Å². The normalized spacial score (nSPS) is 16.4. The quantitative estimate of drug-likeness (QED) is 0.821. The molecule has 5 heteroatoms. The molecule has 18 heavy (non-hydrogen) atoms. The Labute approximate surface area is 104 Å². The molecular weight excluding hydrogens is 240 g/mol. The Kier molecular flexibility index (Phi) is 3.91. The van der Waals surface area contributed by atoms with Gasteiger partial charge in [0.05, 0.1) is 12.2 Å². The highest BCUT2D eigenvalue weighted by Gasteiger charge is 2.33. The van der Waals surface area contributed by atoms with Gasteiger partial charge in [-0.25, -0.2) is 13.6 Å². The standard InChI is InChI=1S/C13H15F2NO2/c1-2-18-13(17)12(16-8-6-7-8)11-9(14)4-3-5-10(11)15/h3-5,8,12,16H,2,6-7H2,1H3. The molecule has 1 aliphatic rings. The van der Waals surface area contributed by atoms with Crippen LogP contribution in [0.1, 0.15) is 31.4 Å². The number of benzene rings is 1. The summed E-state index contributed by atoms with van der Waals surface area (Å²) >= 11 is 0. The Morgan fingerprint density at radius 2 is 2.06 bits per heavy atom. The van der Waals surface area contributed by atoms with Gasteiger partial charge >= 0.3 is 5.97 Å². The van der Waals surface area contributed by atoms with Crippen molar-refractivity contribution in [1.82, 2.24) is 5.32 Å². The molecule has 1 aromatic carbocycles. The van der Waals surface area contributed by atoms with E-state index in [0.717, 1.165) is 25.0 Å². The second-order valence-electron chi connectivity index (χ2n) is 4.26. The zero-order valence-electron chi connectivity index (χ0n) is 10.1. The maximum absolute atomic E-state index is 13.7. The number of halogens is 2. The lowest BCUT2D eigenvalue weighted by atomic mass is 10.1. The lowest BCUT2D eigenvalue weighted by Crippen LogP contribution is -2.33. The third-order valence-corrected chi connectivity index (χ3v) is 2.79. The van der Waals surface area contributed by atoms with Gasteiger partial charge in [0, 0.05) is 6.04 Å². The summed E-state index contributed by atoms with van der Waals surface area (Å²) in [6.45, 7) is 1.83. The average molecular weight is 255 g/mol. The van der Waals surface area contributed by atoms with E-state index < -0.39 is 23.6 Å². The van der Waals surface area contributed by atoms with Gasteiger partial charge in [-0.15, -0.1) is 0 Å². The Bertz CT molecular complexity index is 426. The first-order chi connectivity index (χ1) is 8.63. The molecule has 1 atom stereocenters. The van der Waals surface area contributed by atoms with Gasteiger partial charge in [-0.2, -0.15) is 0 Å². The molecule has 0 radical (unpaired) electrons. The van der Waals surface area contributed by atoms with E-state index in [-0.39, 0.29) is 18.2 Å². The third kappa shape index (κ3) is 2.85. The molecule has 0 spiro atoms. The van der Waals surface area contributed by atoms with E-state index in [4.69, 9.17) is 4.74 Å². The Morgan fingerprint density at radius 3 is 2.56 bits per heavy atom. The van der Waals surface area contributed by atoms with Crippen molar-refractivity contribution in [1.29, 1.82) is 0 Å². The highest BCUT2D eigenvalue weighted by Crippen LogP contribution is 2.27. The van der Waals surface area contributed by atoms with E-state index in [0.29, 0.717) is 0 Å². The minimum Gasteiger partial charge on any atom is -0.465 e. The maximum Gasteiger partial charge on any atom is 0.328 e. The fourth-order valence-electron chi connectivity index (χ4n) is 1.77. The molecule has 0 saturated heterocycles. The second-order valence-corrected chi connectivity index (χ2v) is 4.26. The minimum atomic E-state index is -1.07. The first kappa shape index (κ1) is 13.0. The van der Waals surface area contributed by atoms with Crippen molar-refractivity contribution in [2.45, 2.75) is 31.8 Å². The molecule has 98 valence electrons. The van der Waals surface area contributed by atoms with Gasteiger partial charge in [0.25, 0.3) is 0 Å². The van der Waals surface area contributed by atoms with Crippen molar-refractivity contribution >= 4 is 5.97 Å². The van der Waals surface area contributed by atoms with Crippen molar-refractivity contribution in [3.05, 3.63) is 35.4 Å². The van der Waals surface area contributed by atoms with E-state index in [1.54, 1.807) is 6.92 Å². The molecule has 0 bridgehead atoms. The van der Waals surface area contributed by atoms with E-state index in [2.05, 4.69) is 5.32 Å². The maximum atomic E-state index is 13.7. The smallest absolute Gasteiger partial charge is 0.328 e. The highest BCUT2D eigenvalue weighted by atomic mass is 19.1. The van der Waals surface area contributed by atoms with Gasteiger partial charge in [-0.05, 0) is 31.9 Å². The van der Waals surface area contributed by atoms with Crippen molar-refractivity contribution in [2.24, 2.45) is 0 Å². The summed E-state index contributed by atoms with van der Waals surface area (Å²) in [4.78, 5) is 11.8. The monoisotopic (exact) mass is 255 g/mol. The fourth-order valence-corrected chi connectivity index (χ4v) is 1.77. The van der Waals surface area contributed by atoms with Crippen LogP contribution in [0.5, 0.6) is 0 Å². The van der Waals surface area contributed by atoms with Gasteiger partial charge < -0.3 is 4.74 Å². The molecule has 0 amide bonds. The summed E-state index contributed by atoms with van der Waals surface area (Å²) in [5.41, 5.74) is -0.261. The van der Waals surface area contributed by atoms with Gasteiger partial charge in [0.15, 0.2) is 0 Å². The molecule has 3 nitrogen and oxygen atoms in total. The van der Waals surface area contributed by atoms with Crippen molar-refractivity contribution in [2.75, 3.05) is 6.61 Å². The number of carbonyl (C=O) groups is 1. The van der Waals surface area contributed by atoms with Crippen molar-refractivity contribution < 1.29 is 18.3 Å². The Hall–Kier alpha value is -1.49. The number of hydrogen-bond donors (Lipinski definition) is 1. The molecule has 1 unspecified atom stereocenters. The first-order valence-corrected chi connectivity index (χ1v) is 6.00. The van der Waals surface area contributed by atoms with Crippen LogP contribution in [-0.4, -0.2) is 18.6 Å². The van der Waals surface area contributed by atoms with Gasteiger partial charge in [-0.3, -0.25) is 5.32 Å². The lowest BCUT2D eigenvalue weighted by molar-refractivity contribution is -0.146. The fraction of sp³-hybridized carbons (Fsp3) is 0.462. The number of rotatable bonds is 5. The molecule has 1 fully saturated rings. The number of hydrogen-bond acceptors (Lipinski definition) is 3. The van der Waals surface area contributed by atoms with E-state index in [9.17, 15) is 13.6 Å². The summed E-state index contributed by atoms with van der Waals surface area (Å²) in [7, 11) is 0. The lowest BCUT2D eigenvalue weighted by Gasteiger charge is -2.18. The summed E-state index contributed by atoms with van der Waals surface area (Å²) in [5.74, 6) is -2.11. The number of nitrogens with one attached hydrogen (secondary N) is 1. The van der Waals surface area contributed by atoms with E-state index in [1.165, 1.54) is 6.07 Å². The highest BCUT2D eigenvalue weighted by molar-refractivity contribution is 5.78. The molecule has 2 rings (SSSR count). The van der Waals surface area contributed by atoms with Crippen LogP contribution < -0.4 is 5.32 Å². The molecule has 1 aromatic rings. The van der Waals surface area contributed by atoms with Gasteiger partial charge in [0.1, 0.15) is 17.7 Å². The molecule has 0 aliphatic heterocycles. The molecule has 1 N–H and O–H groups in total. The van der Waals surface area contributed by atoms with Crippen LogP contribution in [0.2, 0.25) is 0 Å². The van der Waals surface area contributed by atoms with Gasteiger partial charge in [0.2, 0.25) is 0 Å². The average Bonchev–Trinajstić information content (AvgIpc) is 3.11. The SMILES string of the molecule is CCOC(=O)C(NC1CC1)c1c(F)cccc1F. The van der Waals surface area contributed by atoms with Crippen LogP contribution in [0, 0.1) is 11.6 Å².